The third-order valence-corrected chi connectivity index (χ3v) is 3.35. The first-order valence-corrected chi connectivity index (χ1v) is 7.93. The van der Waals surface area contributed by atoms with E-state index in [1.54, 1.807) is 6.20 Å². The number of carbonyl (C=O) groups excluding carboxylic acids is 1. The second kappa shape index (κ2) is 7.77. The number of aromatic nitrogens is 1. The lowest BCUT2D eigenvalue weighted by Gasteiger charge is -2.13. The van der Waals surface area contributed by atoms with Gasteiger partial charge in [0.05, 0.1) is 18.0 Å². The minimum atomic E-state index is 0.00188. The maximum atomic E-state index is 11.0. The monoisotopic (exact) mass is 312 g/mol. The van der Waals surface area contributed by atoms with E-state index in [9.17, 15) is 4.79 Å². The van der Waals surface area contributed by atoms with Gasteiger partial charge in [-0.25, -0.2) is 0 Å². The summed E-state index contributed by atoms with van der Waals surface area (Å²) in [5.74, 6) is 0.784. The van der Waals surface area contributed by atoms with Crippen LogP contribution in [0.5, 0.6) is 5.75 Å². The number of hydrogen-bond acceptors (Lipinski definition) is 3. The lowest BCUT2D eigenvalue weighted by atomic mass is 10.0. The quantitative estimate of drug-likeness (QED) is 0.886. The molecule has 2 rings (SSSR count). The molecule has 0 saturated carbocycles. The summed E-state index contributed by atoms with van der Waals surface area (Å²) in [6, 6.07) is 12.3. The summed E-state index contributed by atoms with van der Waals surface area (Å²) in [5, 5.41) is 2.89. The van der Waals surface area contributed by atoms with Crippen LogP contribution in [-0.4, -0.2) is 23.0 Å². The predicted octanol–water partition coefficient (Wildman–Crippen LogP) is 3.60. The Balaban J connectivity index is 2.03. The van der Waals surface area contributed by atoms with Crippen LogP contribution in [0.15, 0.2) is 42.6 Å². The van der Waals surface area contributed by atoms with Crippen LogP contribution in [0.4, 0.5) is 0 Å². The van der Waals surface area contributed by atoms with Crippen molar-refractivity contribution in [2.75, 3.05) is 0 Å². The molecule has 0 spiro atoms. The molecule has 1 amide bonds. The summed E-state index contributed by atoms with van der Waals surface area (Å²) >= 11 is 0. The summed E-state index contributed by atoms with van der Waals surface area (Å²) in [7, 11) is 0. The maximum Gasteiger partial charge on any atom is 0.217 e. The predicted molar refractivity (Wildman–Crippen MR) is 92.4 cm³/mol. The number of ether oxygens (including phenoxy) is 1. The summed E-state index contributed by atoms with van der Waals surface area (Å²) in [5.41, 5.74) is 3.18. The van der Waals surface area contributed by atoms with Gasteiger partial charge in [-0.05, 0) is 44.9 Å². The van der Waals surface area contributed by atoms with Crippen LogP contribution in [-0.2, 0) is 11.2 Å². The first-order valence-electron chi connectivity index (χ1n) is 7.93. The molecule has 2 aromatic rings. The Morgan fingerprint density at radius 2 is 1.83 bits per heavy atom. The zero-order valence-electron chi connectivity index (χ0n) is 14.2. The number of benzene rings is 1. The van der Waals surface area contributed by atoms with Gasteiger partial charge in [-0.2, -0.15) is 0 Å². The molecule has 0 aliphatic carbocycles. The molecule has 4 nitrogen and oxygen atoms in total. The van der Waals surface area contributed by atoms with E-state index < -0.39 is 0 Å². The van der Waals surface area contributed by atoms with Crippen LogP contribution in [0.3, 0.4) is 0 Å². The van der Waals surface area contributed by atoms with Crippen molar-refractivity contribution in [3.63, 3.8) is 0 Å². The second-order valence-corrected chi connectivity index (χ2v) is 6.05. The van der Waals surface area contributed by atoms with Gasteiger partial charge < -0.3 is 10.1 Å². The summed E-state index contributed by atoms with van der Waals surface area (Å²) in [6.07, 6.45) is 2.71. The van der Waals surface area contributed by atoms with Crippen molar-refractivity contribution < 1.29 is 9.53 Å². The fraction of sp³-hybridized carbons (Fsp3) is 0.368. The van der Waals surface area contributed by atoms with Crippen LogP contribution in [0.25, 0.3) is 11.3 Å². The zero-order valence-corrected chi connectivity index (χ0v) is 14.2. The van der Waals surface area contributed by atoms with Gasteiger partial charge >= 0.3 is 0 Å². The summed E-state index contributed by atoms with van der Waals surface area (Å²) in [4.78, 5) is 15.5. The van der Waals surface area contributed by atoms with Crippen molar-refractivity contribution in [3.05, 3.63) is 48.2 Å². The van der Waals surface area contributed by atoms with E-state index in [4.69, 9.17) is 4.74 Å². The number of hydrogen-bond donors (Lipinski definition) is 1. The molecule has 122 valence electrons. The van der Waals surface area contributed by atoms with E-state index in [-0.39, 0.29) is 18.1 Å². The van der Waals surface area contributed by atoms with Crippen molar-refractivity contribution in [1.29, 1.82) is 0 Å². The minimum absolute atomic E-state index is 0.00188. The van der Waals surface area contributed by atoms with E-state index >= 15 is 0 Å². The molecule has 0 saturated heterocycles. The van der Waals surface area contributed by atoms with Gasteiger partial charge in [0.15, 0.2) is 0 Å². The Morgan fingerprint density at radius 1 is 1.13 bits per heavy atom. The molecule has 0 radical (unpaired) electrons. The zero-order chi connectivity index (χ0) is 16.8. The highest BCUT2D eigenvalue weighted by Crippen LogP contribution is 2.21. The van der Waals surface area contributed by atoms with Crippen LogP contribution < -0.4 is 10.1 Å². The van der Waals surface area contributed by atoms with Crippen molar-refractivity contribution >= 4 is 5.91 Å². The molecule has 23 heavy (non-hydrogen) atoms. The molecule has 0 aliphatic rings. The van der Waals surface area contributed by atoms with Crippen molar-refractivity contribution in [1.82, 2.24) is 10.3 Å². The maximum absolute atomic E-state index is 11.0. The normalized spacial score (nSPS) is 12.0. The highest BCUT2D eigenvalue weighted by molar-refractivity contribution is 5.73. The lowest BCUT2D eigenvalue weighted by Crippen LogP contribution is -2.31. The van der Waals surface area contributed by atoms with Crippen LogP contribution in [0.2, 0.25) is 0 Å². The van der Waals surface area contributed by atoms with Crippen LogP contribution >= 0.6 is 0 Å². The van der Waals surface area contributed by atoms with Crippen molar-refractivity contribution in [3.8, 4) is 17.0 Å². The molecule has 1 aromatic heterocycles. The molecule has 0 aliphatic heterocycles. The first kappa shape index (κ1) is 17.0. The molecule has 1 heterocycles. The third kappa shape index (κ3) is 5.40. The molecule has 4 heteroatoms. The van der Waals surface area contributed by atoms with E-state index in [1.807, 2.05) is 32.9 Å². The van der Waals surface area contributed by atoms with Gasteiger partial charge in [0.2, 0.25) is 5.91 Å². The number of nitrogens with one attached hydrogen (secondary N) is 1. The molecule has 1 aromatic carbocycles. The highest BCUT2D eigenvalue weighted by Gasteiger charge is 2.06. The second-order valence-electron chi connectivity index (χ2n) is 6.05. The highest BCUT2D eigenvalue weighted by atomic mass is 16.5. The number of amides is 1. The van der Waals surface area contributed by atoms with Gasteiger partial charge in [0.1, 0.15) is 5.75 Å². The number of carbonyl (C=O) groups is 1. The van der Waals surface area contributed by atoms with E-state index in [2.05, 4.69) is 34.6 Å². The largest absolute Gasteiger partial charge is 0.489 e. The van der Waals surface area contributed by atoms with Crippen molar-refractivity contribution in [2.24, 2.45) is 0 Å². The van der Waals surface area contributed by atoms with Gasteiger partial charge in [0, 0.05) is 18.5 Å². The fourth-order valence-corrected chi connectivity index (χ4v) is 2.46. The molecular weight excluding hydrogens is 288 g/mol. The third-order valence-electron chi connectivity index (χ3n) is 3.35. The molecule has 0 bridgehead atoms. The molecular formula is C19H24N2O2. The topological polar surface area (TPSA) is 51.2 Å². The van der Waals surface area contributed by atoms with E-state index in [0.717, 1.165) is 23.4 Å². The van der Waals surface area contributed by atoms with Crippen molar-refractivity contribution in [2.45, 2.75) is 46.3 Å². The molecule has 0 fully saturated rings. The molecule has 1 unspecified atom stereocenters. The average Bonchev–Trinajstić information content (AvgIpc) is 2.47. The Labute approximate surface area is 137 Å². The first-order chi connectivity index (χ1) is 10.9. The number of pyridine rings is 1. The molecule has 1 N–H and O–H groups in total. The van der Waals surface area contributed by atoms with E-state index in [0.29, 0.717) is 0 Å². The van der Waals surface area contributed by atoms with Gasteiger partial charge in [0.25, 0.3) is 0 Å². The van der Waals surface area contributed by atoms with E-state index in [1.165, 1.54) is 12.5 Å². The van der Waals surface area contributed by atoms with Gasteiger partial charge in [-0.15, -0.1) is 0 Å². The fourth-order valence-electron chi connectivity index (χ4n) is 2.46. The lowest BCUT2D eigenvalue weighted by molar-refractivity contribution is -0.119. The number of nitrogens with zero attached hydrogens (tertiary/aromatic N) is 1. The van der Waals surface area contributed by atoms with Gasteiger partial charge in [-0.1, -0.05) is 24.3 Å². The standard InChI is InChI=1S/C19H24N2O2/c1-13(2)23-18-9-10-19(20-12-18)17-7-5-16(6-8-17)11-14(3)21-15(4)22/h5-10,12-14H,11H2,1-4H3,(H,21,22). The SMILES string of the molecule is CC(=O)NC(C)Cc1ccc(-c2ccc(OC(C)C)cn2)cc1. The van der Waals surface area contributed by atoms with Crippen LogP contribution in [0, 0.1) is 0 Å². The van der Waals surface area contributed by atoms with Gasteiger partial charge in [-0.3, -0.25) is 9.78 Å². The summed E-state index contributed by atoms with van der Waals surface area (Å²) < 4.78 is 5.60. The number of rotatable bonds is 6. The Morgan fingerprint density at radius 3 is 2.35 bits per heavy atom. The van der Waals surface area contributed by atoms with Crippen LogP contribution in [0.1, 0.15) is 33.3 Å². The smallest absolute Gasteiger partial charge is 0.217 e. The molecule has 1 atom stereocenters. The Bertz CT molecular complexity index is 633. The Hall–Kier alpha value is -2.36. The Kier molecular flexibility index (Phi) is 5.74. The summed E-state index contributed by atoms with van der Waals surface area (Å²) in [6.45, 7) is 7.53. The minimum Gasteiger partial charge on any atom is -0.489 e. The average molecular weight is 312 g/mol.